The third kappa shape index (κ3) is 6.20. The van der Waals surface area contributed by atoms with Crippen molar-refractivity contribution in [3.8, 4) is 78.1 Å². The number of benzene rings is 6. The van der Waals surface area contributed by atoms with Crippen molar-refractivity contribution in [3.63, 3.8) is 0 Å². The van der Waals surface area contributed by atoms with E-state index in [4.69, 9.17) is 0 Å². The zero-order valence-corrected chi connectivity index (χ0v) is 26.4. The van der Waals surface area contributed by atoms with Gasteiger partial charge in [0.2, 0.25) is 0 Å². The van der Waals surface area contributed by atoms with E-state index in [0.29, 0.717) is 0 Å². The van der Waals surface area contributed by atoms with Crippen molar-refractivity contribution in [2.24, 2.45) is 0 Å². The summed E-state index contributed by atoms with van der Waals surface area (Å²) in [6, 6.07) is 64.3. The molecule has 0 aliphatic heterocycles. The molecule has 48 heavy (non-hydrogen) atoms. The van der Waals surface area contributed by atoms with Gasteiger partial charge in [-0.1, -0.05) is 158 Å². The maximum Gasteiger partial charge on any atom is 0.0892 e. The minimum absolute atomic E-state index is 0.852. The molecule has 0 unspecified atom stereocenters. The van der Waals surface area contributed by atoms with Crippen LogP contribution in [0.2, 0.25) is 0 Å². The van der Waals surface area contributed by atoms with E-state index in [9.17, 15) is 0 Å². The molecule has 2 nitrogen and oxygen atoms in total. The quantitative estimate of drug-likeness (QED) is 0.179. The first-order valence-corrected chi connectivity index (χ1v) is 16.2. The van der Waals surface area contributed by atoms with E-state index < -0.39 is 0 Å². The molecule has 6 aromatic carbocycles. The summed E-state index contributed by atoms with van der Waals surface area (Å²) < 4.78 is 0. The van der Waals surface area contributed by atoms with Crippen LogP contribution in [0.5, 0.6) is 0 Å². The van der Waals surface area contributed by atoms with Crippen molar-refractivity contribution in [1.29, 1.82) is 0 Å². The van der Waals surface area contributed by atoms with E-state index in [1.807, 2.05) is 24.5 Å². The maximum atomic E-state index is 4.69. The highest BCUT2D eigenvalue weighted by Gasteiger charge is 2.09. The zero-order valence-electron chi connectivity index (χ0n) is 26.4. The maximum absolute atomic E-state index is 4.69. The molecule has 8 rings (SSSR count). The number of pyridine rings is 2. The van der Waals surface area contributed by atoms with Gasteiger partial charge in [0.05, 0.1) is 11.4 Å². The predicted octanol–water partition coefficient (Wildman–Crippen LogP) is 12.1. The molecule has 0 bridgehead atoms. The number of hydrogen-bond donors (Lipinski definition) is 0. The van der Waals surface area contributed by atoms with Crippen LogP contribution < -0.4 is 0 Å². The Bertz CT molecular complexity index is 2100. The lowest BCUT2D eigenvalue weighted by Gasteiger charge is -2.09. The number of nitrogens with zero attached hydrogens (tertiary/aromatic N) is 2. The van der Waals surface area contributed by atoms with Crippen molar-refractivity contribution in [2.75, 3.05) is 0 Å². The summed E-state index contributed by atoms with van der Waals surface area (Å²) in [5, 5.41) is 0. The van der Waals surface area contributed by atoms with Crippen molar-refractivity contribution in [2.45, 2.75) is 0 Å². The van der Waals surface area contributed by atoms with Gasteiger partial charge in [0.25, 0.3) is 0 Å². The molecule has 8 aromatic rings. The van der Waals surface area contributed by atoms with Crippen LogP contribution in [0.4, 0.5) is 0 Å². The highest BCUT2D eigenvalue weighted by molar-refractivity contribution is 5.77. The first-order valence-electron chi connectivity index (χ1n) is 16.2. The van der Waals surface area contributed by atoms with Crippen LogP contribution in [-0.2, 0) is 0 Å². The second kappa shape index (κ2) is 13.2. The molecule has 0 aliphatic rings. The van der Waals surface area contributed by atoms with Crippen LogP contribution in [-0.4, -0.2) is 9.97 Å². The average Bonchev–Trinajstić information content (AvgIpc) is 3.19. The third-order valence-corrected chi connectivity index (χ3v) is 8.87. The van der Waals surface area contributed by atoms with E-state index in [1.165, 1.54) is 44.5 Å². The summed E-state index contributed by atoms with van der Waals surface area (Å²) >= 11 is 0. The highest BCUT2D eigenvalue weighted by Crippen LogP contribution is 2.31. The largest absolute Gasteiger partial charge is 0.255 e. The molecule has 2 aromatic heterocycles. The Morgan fingerprint density at radius 2 is 0.438 bits per heavy atom. The second-order valence-corrected chi connectivity index (χ2v) is 11.9. The van der Waals surface area contributed by atoms with Gasteiger partial charge in [0.1, 0.15) is 0 Å². The van der Waals surface area contributed by atoms with Gasteiger partial charge in [0.15, 0.2) is 0 Å². The Labute approximate surface area is 281 Å². The van der Waals surface area contributed by atoms with Gasteiger partial charge in [-0.05, 0) is 91.0 Å². The molecular weight excluding hydrogens is 581 g/mol. The van der Waals surface area contributed by atoms with Gasteiger partial charge in [0, 0.05) is 12.4 Å². The van der Waals surface area contributed by atoms with Crippen LogP contribution in [0.3, 0.4) is 0 Å². The molecule has 0 spiro atoms. The molecule has 0 radical (unpaired) electrons. The molecule has 2 heterocycles. The number of hydrogen-bond acceptors (Lipinski definition) is 2. The molecule has 2 heteroatoms. The second-order valence-electron chi connectivity index (χ2n) is 11.9. The Morgan fingerprint density at radius 3 is 0.708 bits per heavy atom. The molecule has 0 N–H and O–H groups in total. The monoisotopic (exact) mass is 612 g/mol. The Kier molecular flexibility index (Phi) is 7.96. The summed E-state index contributed by atoms with van der Waals surface area (Å²) in [6.07, 6.45) is 3.74. The van der Waals surface area contributed by atoms with Crippen LogP contribution in [0, 0.1) is 0 Å². The lowest BCUT2D eigenvalue weighted by molar-refractivity contribution is 1.25. The zero-order chi connectivity index (χ0) is 32.1. The molecule has 0 saturated heterocycles. The van der Waals surface area contributed by atoms with Gasteiger partial charge in [-0.25, -0.2) is 0 Å². The third-order valence-electron chi connectivity index (χ3n) is 8.87. The summed E-state index contributed by atoms with van der Waals surface area (Å²) in [5.74, 6) is 0. The average molecular weight is 613 g/mol. The summed E-state index contributed by atoms with van der Waals surface area (Å²) in [6.45, 7) is 0. The van der Waals surface area contributed by atoms with Gasteiger partial charge < -0.3 is 0 Å². The van der Waals surface area contributed by atoms with Crippen LogP contribution in [0.1, 0.15) is 0 Å². The Balaban J connectivity index is 0.986. The van der Waals surface area contributed by atoms with Crippen molar-refractivity contribution in [1.82, 2.24) is 9.97 Å². The van der Waals surface area contributed by atoms with E-state index in [-0.39, 0.29) is 0 Å². The number of aromatic nitrogens is 2. The summed E-state index contributed by atoms with van der Waals surface area (Å²) in [7, 11) is 0. The summed E-state index contributed by atoms with van der Waals surface area (Å²) in [5.41, 5.74) is 15.9. The lowest BCUT2D eigenvalue weighted by Crippen LogP contribution is -1.90. The van der Waals surface area contributed by atoms with Crippen molar-refractivity contribution in [3.05, 3.63) is 194 Å². The molecule has 0 saturated carbocycles. The Hall–Kier alpha value is -6.38. The van der Waals surface area contributed by atoms with E-state index in [2.05, 4.69) is 180 Å². The van der Waals surface area contributed by atoms with Crippen molar-refractivity contribution < 1.29 is 0 Å². The smallest absolute Gasteiger partial charge is 0.0892 e. The predicted molar refractivity (Wildman–Crippen MR) is 200 cm³/mol. The van der Waals surface area contributed by atoms with Crippen LogP contribution >= 0.6 is 0 Å². The van der Waals surface area contributed by atoms with Gasteiger partial charge >= 0.3 is 0 Å². The van der Waals surface area contributed by atoms with Gasteiger partial charge in [-0.15, -0.1) is 0 Å². The van der Waals surface area contributed by atoms with Crippen LogP contribution in [0.25, 0.3) is 78.1 Å². The molecule has 0 atom stereocenters. The molecular formula is C46H32N2. The topological polar surface area (TPSA) is 25.8 Å². The van der Waals surface area contributed by atoms with Crippen molar-refractivity contribution >= 4 is 0 Å². The first kappa shape index (κ1) is 29.1. The highest BCUT2D eigenvalue weighted by atomic mass is 14.8. The molecule has 226 valence electrons. The SMILES string of the molecule is c1ccc(-c2ccc(-c3ccc(-c4ccnc(-c5cc(-c6ccc(-c7ccc(-c8ccccc8)cc7)cc6)ccn5)c4)cc3)cc2)cc1. The van der Waals surface area contributed by atoms with E-state index in [1.54, 1.807) is 0 Å². The first-order chi connectivity index (χ1) is 23.8. The minimum Gasteiger partial charge on any atom is -0.255 e. The summed E-state index contributed by atoms with van der Waals surface area (Å²) in [4.78, 5) is 9.38. The van der Waals surface area contributed by atoms with E-state index >= 15 is 0 Å². The normalized spacial score (nSPS) is 10.9. The van der Waals surface area contributed by atoms with Gasteiger partial charge in [-0.2, -0.15) is 0 Å². The van der Waals surface area contributed by atoms with Crippen LogP contribution in [0.15, 0.2) is 194 Å². The fourth-order valence-electron chi connectivity index (χ4n) is 6.18. The van der Waals surface area contributed by atoms with E-state index in [0.717, 1.165) is 33.6 Å². The van der Waals surface area contributed by atoms with Gasteiger partial charge in [-0.3, -0.25) is 9.97 Å². The standard InChI is InChI=1S/C46H32N2/c1-3-7-33(8-4-1)35-11-15-37(16-12-35)39-19-23-41(24-20-39)43-27-29-47-45(31-43)46-32-44(28-30-48-46)42-25-21-40(22-26-42)38-17-13-36(14-18-38)34-9-5-2-6-10-34/h1-32H. The molecule has 0 amide bonds. The fourth-order valence-corrected chi connectivity index (χ4v) is 6.18. The lowest BCUT2D eigenvalue weighted by atomic mass is 9.97. The molecule has 0 aliphatic carbocycles. The fraction of sp³-hybridized carbons (Fsp3) is 0. The molecule has 0 fully saturated rings. The Morgan fingerprint density at radius 1 is 0.208 bits per heavy atom. The number of rotatable bonds is 7. The minimum atomic E-state index is 0.852.